The molecule has 1 N–H and O–H groups in total. The van der Waals surface area contributed by atoms with Gasteiger partial charge in [-0.1, -0.05) is 12.1 Å². The van der Waals surface area contributed by atoms with E-state index in [4.69, 9.17) is 4.74 Å². The van der Waals surface area contributed by atoms with Crippen molar-refractivity contribution in [3.63, 3.8) is 0 Å². The van der Waals surface area contributed by atoms with Crippen molar-refractivity contribution in [3.8, 4) is 5.75 Å². The van der Waals surface area contributed by atoms with Gasteiger partial charge in [0.2, 0.25) is 0 Å². The summed E-state index contributed by atoms with van der Waals surface area (Å²) in [6.07, 6.45) is 0.690. The second-order valence-corrected chi connectivity index (χ2v) is 5.38. The molecule has 0 saturated carbocycles. The van der Waals surface area contributed by atoms with E-state index in [-0.39, 0.29) is 6.04 Å². The van der Waals surface area contributed by atoms with E-state index < -0.39 is 6.10 Å². The van der Waals surface area contributed by atoms with Crippen LogP contribution >= 0.6 is 0 Å². The van der Waals surface area contributed by atoms with E-state index in [0.29, 0.717) is 0 Å². The van der Waals surface area contributed by atoms with Crippen molar-refractivity contribution >= 4 is 0 Å². The van der Waals surface area contributed by atoms with Gasteiger partial charge in [0.05, 0.1) is 19.3 Å². The normalized spacial score (nSPS) is 23.9. The summed E-state index contributed by atoms with van der Waals surface area (Å²) < 4.78 is 5.15. The molecule has 1 aromatic rings. The summed E-state index contributed by atoms with van der Waals surface area (Å²) in [4.78, 5) is 4.55. The maximum absolute atomic E-state index is 10.6. The minimum Gasteiger partial charge on any atom is -0.497 e. The zero-order chi connectivity index (χ0) is 13.8. The van der Waals surface area contributed by atoms with Gasteiger partial charge in [0, 0.05) is 6.54 Å². The molecule has 1 saturated heterocycles. The third-order valence-corrected chi connectivity index (χ3v) is 3.94. The standard InChI is InChI=1S/C15H24N2O2/c1-16-9-4-10-17(2)14(11-16)15(18)12-5-7-13(19-3)8-6-12/h5-8,14-15,18H,4,9-11H2,1-3H3. The number of hydrogen-bond donors (Lipinski definition) is 1. The van der Waals surface area contributed by atoms with Crippen molar-refractivity contribution in [2.75, 3.05) is 40.8 Å². The molecule has 0 aliphatic carbocycles. The maximum Gasteiger partial charge on any atom is 0.118 e. The van der Waals surface area contributed by atoms with Gasteiger partial charge < -0.3 is 14.7 Å². The number of aliphatic hydroxyl groups is 1. The Kier molecular flexibility index (Phi) is 4.80. The number of ether oxygens (including phenoxy) is 1. The van der Waals surface area contributed by atoms with Gasteiger partial charge in [-0.15, -0.1) is 0 Å². The van der Waals surface area contributed by atoms with E-state index in [1.165, 1.54) is 0 Å². The predicted molar refractivity (Wildman–Crippen MR) is 76.5 cm³/mol. The van der Waals surface area contributed by atoms with Gasteiger partial charge >= 0.3 is 0 Å². The molecular weight excluding hydrogens is 240 g/mol. The smallest absolute Gasteiger partial charge is 0.118 e. The van der Waals surface area contributed by atoms with Crippen LogP contribution < -0.4 is 4.74 Å². The Morgan fingerprint density at radius 1 is 1.21 bits per heavy atom. The second kappa shape index (κ2) is 6.37. The molecule has 0 spiro atoms. The first-order valence-electron chi connectivity index (χ1n) is 6.82. The van der Waals surface area contributed by atoms with Crippen LogP contribution in [-0.2, 0) is 0 Å². The van der Waals surface area contributed by atoms with Crippen LogP contribution in [0.3, 0.4) is 0 Å². The highest BCUT2D eigenvalue weighted by Crippen LogP contribution is 2.24. The molecule has 1 aromatic carbocycles. The Hall–Kier alpha value is -1.10. The number of likely N-dealkylation sites (N-methyl/N-ethyl adjacent to an activating group) is 2. The number of rotatable bonds is 3. The number of aliphatic hydroxyl groups excluding tert-OH is 1. The lowest BCUT2D eigenvalue weighted by Crippen LogP contribution is -2.42. The van der Waals surface area contributed by atoms with E-state index in [1.54, 1.807) is 7.11 Å². The molecule has 1 heterocycles. The summed E-state index contributed by atoms with van der Waals surface area (Å²) in [6.45, 7) is 3.02. The van der Waals surface area contributed by atoms with Crippen molar-refractivity contribution in [1.29, 1.82) is 0 Å². The van der Waals surface area contributed by atoms with E-state index in [1.807, 2.05) is 24.3 Å². The lowest BCUT2D eigenvalue weighted by molar-refractivity contribution is 0.0572. The Morgan fingerprint density at radius 2 is 1.89 bits per heavy atom. The molecule has 19 heavy (non-hydrogen) atoms. The van der Waals surface area contributed by atoms with Crippen molar-refractivity contribution in [2.45, 2.75) is 18.6 Å². The Morgan fingerprint density at radius 3 is 2.53 bits per heavy atom. The summed E-state index contributed by atoms with van der Waals surface area (Å²) in [7, 11) is 5.86. The largest absolute Gasteiger partial charge is 0.497 e. The molecule has 0 aromatic heterocycles. The summed E-state index contributed by atoms with van der Waals surface area (Å²) >= 11 is 0. The molecular formula is C15H24N2O2. The summed E-state index contributed by atoms with van der Waals surface area (Å²) in [6, 6.07) is 7.84. The summed E-state index contributed by atoms with van der Waals surface area (Å²) in [5, 5.41) is 10.6. The third-order valence-electron chi connectivity index (χ3n) is 3.94. The van der Waals surface area contributed by atoms with E-state index in [9.17, 15) is 5.11 Å². The molecule has 2 atom stereocenters. The zero-order valence-electron chi connectivity index (χ0n) is 12.0. The fraction of sp³-hybridized carbons (Fsp3) is 0.600. The molecule has 1 aliphatic heterocycles. The number of methoxy groups -OCH3 is 1. The minimum atomic E-state index is -0.462. The first kappa shape index (κ1) is 14.3. The van der Waals surface area contributed by atoms with Crippen LogP contribution in [0.25, 0.3) is 0 Å². The second-order valence-electron chi connectivity index (χ2n) is 5.38. The van der Waals surface area contributed by atoms with Crippen LogP contribution in [0, 0.1) is 0 Å². The number of hydrogen-bond acceptors (Lipinski definition) is 4. The first-order chi connectivity index (χ1) is 9.11. The molecule has 0 amide bonds. The van der Waals surface area contributed by atoms with Gasteiger partial charge in [-0.05, 0) is 51.3 Å². The van der Waals surface area contributed by atoms with Gasteiger partial charge in [0.1, 0.15) is 5.75 Å². The van der Waals surface area contributed by atoms with Crippen LogP contribution in [0.5, 0.6) is 5.75 Å². The molecule has 0 bridgehead atoms. The van der Waals surface area contributed by atoms with Crippen LogP contribution in [-0.4, -0.2) is 61.8 Å². The van der Waals surface area contributed by atoms with Gasteiger partial charge in [-0.2, -0.15) is 0 Å². The fourth-order valence-corrected chi connectivity index (χ4v) is 2.67. The Balaban J connectivity index is 2.13. The molecule has 0 radical (unpaired) electrons. The highest BCUT2D eigenvalue weighted by Gasteiger charge is 2.28. The minimum absolute atomic E-state index is 0.140. The predicted octanol–water partition coefficient (Wildman–Crippen LogP) is 1.36. The SMILES string of the molecule is COc1ccc(C(O)C2CN(C)CCCN2C)cc1. The molecule has 4 heteroatoms. The van der Waals surface area contributed by atoms with Crippen molar-refractivity contribution in [3.05, 3.63) is 29.8 Å². The quantitative estimate of drug-likeness (QED) is 0.894. The molecule has 1 fully saturated rings. The topological polar surface area (TPSA) is 35.9 Å². The summed E-state index contributed by atoms with van der Waals surface area (Å²) in [5.74, 6) is 0.822. The molecule has 2 rings (SSSR count). The average Bonchev–Trinajstić information content (AvgIpc) is 2.60. The van der Waals surface area contributed by atoms with Crippen LogP contribution in [0.15, 0.2) is 24.3 Å². The van der Waals surface area contributed by atoms with Gasteiger partial charge in [0.15, 0.2) is 0 Å². The molecule has 106 valence electrons. The van der Waals surface area contributed by atoms with Crippen LogP contribution in [0.1, 0.15) is 18.1 Å². The Labute approximate surface area is 115 Å². The van der Waals surface area contributed by atoms with E-state index in [0.717, 1.165) is 37.4 Å². The summed E-state index contributed by atoms with van der Waals surface area (Å²) in [5.41, 5.74) is 0.952. The Bertz CT molecular complexity index is 394. The van der Waals surface area contributed by atoms with Crippen molar-refractivity contribution in [1.82, 2.24) is 9.80 Å². The highest BCUT2D eigenvalue weighted by atomic mass is 16.5. The maximum atomic E-state index is 10.6. The molecule has 2 unspecified atom stereocenters. The number of nitrogens with zero attached hydrogens (tertiary/aromatic N) is 2. The average molecular weight is 264 g/mol. The lowest BCUT2D eigenvalue weighted by atomic mass is 10.0. The van der Waals surface area contributed by atoms with Gasteiger partial charge in [-0.3, -0.25) is 4.90 Å². The molecule has 4 nitrogen and oxygen atoms in total. The van der Waals surface area contributed by atoms with Gasteiger partial charge in [0.25, 0.3) is 0 Å². The van der Waals surface area contributed by atoms with Crippen LogP contribution in [0.4, 0.5) is 0 Å². The molecule has 1 aliphatic rings. The van der Waals surface area contributed by atoms with Crippen molar-refractivity contribution < 1.29 is 9.84 Å². The lowest BCUT2D eigenvalue weighted by Gasteiger charge is -2.31. The monoisotopic (exact) mass is 264 g/mol. The van der Waals surface area contributed by atoms with Crippen LogP contribution in [0.2, 0.25) is 0 Å². The van der Waals surface area contributed by atoms with E-state index >= 15 is 0 Å². The highest BCUT2D eigenvalue weighted by molar-refractivity contribution is 5.29. The number of benzene rings is 1. The third kappa shape index (κ3) is 3.47. The fourth-order valence-electron chi connectivity index (χ4n) is 2.67. The van der Waals surface area contributed by atoms with E-state index in [2.05, 4.69) is 23.9 Å². The van der Waals surface area contributed by atoms with Gasteiger partial charge in [-0.25, -0.2) is 0 Å². The zero-order valence-corrected chi connectivity index (χ0v) is 12.0. The first-order valence-corrected chi connectivity index (χ1v) is 6.82. The van der Waals surface area contributed by atoms with Crippen molar-refractivity contribution in [2.24, 2.45) is 0 Å².